The van der Waals surface area contributed by atoms with Gasteiger partial charge in [0.15, 0.2) is 40.7 Å². The van der Waals surface area contributed by atoms with Crippen molar-refractivity contribution in [1.82, 2.24) is 39.9 Å². The summed E-state index contributed by atoms with van der Waals surface area (Å²) in [6, 6.07) is 32.2. The summed E-state index contributed by atoms with van der Waals surface area (Å²) in [5.41, 5.74) is 6.45. The monoisotopic (exact) mass is 580 g/mol. The van der Waals surface area contributed by atoms with Gasteiger partial charge in [-0.1, -0.05) is 97.1 Å². The minimum Gasteiger partial charge on any atom is -0.324 e. The molecule has 8 nitrogen and oxygen atoms in total. The van der Waals surface area contributed by atoms with E-state index in [0.717, 1.165) is 43.8 Å². The lowest BCUT2D eigenvalue weighted by molar-refractivity contribution is 1.19. The molecule has 0 amide bonds. The van der Waals surface area contributed by atoms with Crippen molar-refractivity contribution in [2.45, 2.75) is 0 Å². The van der Waals surface area contributed by atoms with Crippen LogP contribution in [0, 0.1) is 0 Å². The molecule has 8 bridgehead atoms. The van der Waals surface area contributed by atoms with Crippen molar-refractivity contribution >= 4 is 73.9 Å². The Morgan fingerprint density at radius 1 is 0.333 bits per heavy atom. The molecule has 0 radical (unpaired) electrons. The van der Waals surface area contributed by atoms with E-state index in [4.69, 9.17) is 29.9 Å². The van der Waals surface area contributed by atoms with Crippen LogP contribution in [0.2, 0.25) is 0 Å². The number of H-pyrrole nitrogens is 2. The Hall–Kier alpha value is -4.94. The fraction of sp³-hybridized carbons (Fsp3) is 0. The normalized spacial score (nSPS) is 11.4. The highest BCUT2D eigenvalue weighted by Gasteiger charge is 2.21. The molecule has 0 spiro atoms. The SMILES string of the molecule is Cl.[AlH3].c1ccc2c(c1)-c1nc-2nc2[nH]c(nc3nc(nc4[nH]c(n1)c1ccccc41)-c1ccccc1-3)c1ccccc21. The first kappa shape index (κ1) is 26.0. The summed E-state index contributed by atoms with van der Waals surface area (Å²) in [5.74, 6) is 2.39. The van der Waals surface area contributed by atoms with Crippen LogP contribution in [0.25, 0.3) is 89.7 Å². The third-order valence-corrected chi connectivity index (χ3v) is 7.46. The lowest BCUT2D eigenvalue weighted by Gasteiger charge is -1.96. The highest BCUT2D eigenvalue weighted by Crippen LogP contribution is 2.36. The maximum Gasteiger partial charge on any atom is 0.187 e. The molecule has 200 valence electrons. The van der Waals surface area contributed by atoms with Crippen LogP contribution in [0.4, 0.5) is 0 Å². The number of nitrogens with zero attached hydrogens (tertiary/aromatic N) is 6. The minimum absolute atomic E-state index is 0. The highest BCUT2D eigenvalue weighted by molar-refractivity contribution is 6.06. The Morgan fingerprint density at radius 3 is 0.833 bits per heavy atom. The van der Waals surface area contributed by atoms with Crippen LogP contribution in [0.5, 0.6) is 0 Å². The van der Waals surface area contributed by atoms with E-state index in [1.54, 1.807) is 0 Å². The molecule has 4 aromatic carbocycles. The van der Waals surface area contributed by atoms with Gasteiger partial charge >= 0.3 is 0 Å². The average molecular weight is 581 g/mol. The van der Waals surface area contributed by atoms with Crippen molar-refractivity contribution in [3.63, 3.8) is 0 Å². The molecule has 3 aromatic heterocycles. The molecule has 7 aromatic rings. The molecule has 0 unspecified atom stereocenters. The predicted octanol–water partition coefficient (Wildman–Crippen LogP) is 6.11. The van der Waals surface area contributed by atoms with E-state index in [2.05, 4.69) is 9.97 Å². The Morgan fingerprint density at radius 2 is 0.571 bits per heavy atom. The Bertz CT molecular complexity index is 2040. The summed E-state index contributed by atoms with van der Waals surface area (Å²) in [6.07, 6.45) is 0. The zero-order valence-corrected chi connectivity index (χ0v) is 22.1. The molecule has 0 saturated heterocycles. The standard InChI is InChI=1S/C32H18N8.Al.ClH.3H/c1-2-10-18-17(9-1)25-33-26(18)38-28-21-13-5-6-14-22(21)30(35-28)40-32-24-16-8-7-15-23(24)31(36-32)39-29-20-12-4-3-11-19(20)27(34-29)37-25;;;;;/h1-16H,(H2,33,34,35,36,37,38,39,40);;1H;;;. The lowest BCUT2D eigenvalue weighted by atomic mass is 10.1. The fourth-order valence-corrected chi connectivity index (χ4v) is 5.59. The molecule has 2 aliphatic rings. The quantitative estimate of drug-likeness (QED) is 0.210. The first-order valence-corrected chi connectivity index (χ1v) is 13.0. The van der Waals surface area contributed by atoms with Gasteiger partial charge < -0.3 is 9.97 Å². The topological polar surface area (TPSA) is 109 Å². The van der Waals surface area contributed by atoms with Crippen LogP contribution >= 0.6 is 12.4 Å². The van der Waals surface area contributed by atoms with E-state index in [-0.39, 0.29) is 29.8 Å². The van der Waals surface area contributed by atoms with Crippen LogP contribution < -0.4 is 0 Å². The summed E-state index contributed by atoms with van der Waals surface area (Å²) >= 11 is 0. The van der Waals surface area contributed by atoms with Crippen molar-refractivity contribution in [2.75, 3.05) is 0 Å². The van der Waals surface area contributed by atoms with Crippen molar-refractivity contribution in [2.24, 2.45) is 0 Å². The van der Waals surface area contributed by atoms with E-state index in [1.807, 2.05) is 97.1 Å². The van der Waals surface area contributed by atoms with Gasteiger partial charge in [-0.3, -0.25) is 0 Å². The first-order chi connectivity index (χ1) is 19.8. The summed E-state index contributed by atoms with van der Waals surface area (Å²) < 4.78 is 0. The number of hydrogen-bond donors (Lipinski definition) is 2. The van der Waals surface area contributed by atoms with Gasteiger partial charge in [-0.05, 0) is 0 Å². The number of nitrogens with one attached hydrogen (secondary N) is 2. The first-order valence-electron chi connectivity index (χ1n) is 13.0. The number of aromatic nitrogens is 8. The van der Waals surface area contributed by atoms with E-state index in [0.29, 0.717) is 45.9 Å². The van der Waals surface area contributed by atoms with Gasteiger partial charge in [0.2, 0.25) is 0 Å². The van der Waals surface area contributed by atoms with Crippen molar-refractivity contribution in [3.05, 3.63) is 97.1 Å². The largest absolute Gasteiger partial charge is 0.324 e. The van der Waals surface area contributed by atoms with Crippen LogP contribution in [0.1, 0.15) is 0 Å². The summed E-state index contributed by atoms with van der Waals surface area (Å²) in [4.78, 5) is 36.8. The predicted molar refractivity (Wildman–Crippen MR) is 173 cm³/mol. The molecule has 42 heavy (non-hydrogen) atoms. The smallest absolute Gasteiger partial charge is 0.187 e. The lowest BCUT2D eigenvalue weighted by Crippen LogP contribution is -1.82. The molecule has 10 heteroatoms. The molecule has 2 aliphatic heterocycles. The minimum atomic E-state index is 0. The summed E-state index contributed by atoms with van der Waals surface area (Å²) in [7, 11) is 0. The molecule has 0 aliphatic carbocycles. The van der Waals surface area contributed by atoms with Gasteiger partial charge in [0.05, 0.1) is 0 Å². The van der Waals surface area contributed by atoms with Crippen LogP contribution in [0.15, 0.2) is 97.1 Å². The third-order valence-electron chi connectivity index (χ3n) is 7.46. The summed E-state index contributed by atoms with van der Waals surface area (Å²) in [5, 5.41) is 3.82. The van der Waals surface area contributed by atoms with Crippen molar-refractivity contribution < 1.29 is 0 Å². The Balaban J connectivity index is 0.00000144. The van der Waals surface area contributed by atoms with Gasteiger partial charge in [0.25, 0.3) is 0 Å². The second-order valence-corrected chi connectivity index (χ2v) is 9.79. The second-order valence-electron chi connectivity index (χ2n) is 9.79. The molecule has 0 saturated carbocycles. The third kappa shape index (κ3) is 3.83. The van der Waals surface area contributed by atoms with Crippen molar-refractivity contribution in [3.8, 4) is 45.6 Å². The Labute approximate surface area is 255 Å². The molecular weight excluding hydrogens is 559 g/mol. The number of rotatable bonds is 0. The highest BCUT2D eigenvalue weighted by atomic mass is 35.5. The van der Waals surface area contributed by atoms with Gasteiger partial charge in [-0.2, -0.15) is 0 Å². The fourth-order valence-electron chi connectivity index (χ4n) is 5.59. The van der Waals surface area contributed by atoms with E-state index in [1.165, 1.54) is 0 Å². The zero-order valence-electron chi connectivity index (χ0n) is 21.3. The van der Waals surface area contributed by atoms with Crippen LogP contribution in [-0.4, -0.2) is 57.2 Å². The van der Waals surface area contributed by atoms with Crippen molar-refractivity contribution in [1.29, 1.82) is 0 Å². The van der Waals surface area contributed by atoms with Crippen LogP contribution in [-0.2, 0) is 0 Å². The van der Waals surface area contributed by atoms with Gasteiger partial charge in [-0.15, -0.1) is 12.4 Å². The Kier molecular flexibility index (Phi) is 6.10. The van der Waals surface area contributed by atoms with Crippen LogP contribution in [0.3, 0.4) is 0 Å². The van der Waals surface area contributed by atoms with E-state index >= 15 is 0 Å². The average Bonchev–Trinajstić information content (AvgIpc) is 3.73. The molecule has 0 fully saturated rings. The van der Waals surface area contributed by atoms with E-state index < -0.39 is 0 Å². The molecular formula is C32H22AlClN8. The zero-order chi connectivity index (χ0) is 26.2. The second kappa shape index (κ2) is 9.86. The van der Waals surface area contributed by atoms with E-state index in [9.17, 15) is 0 Å². The number of benzene rings is 4. The number of fused-ring (bicyclic) bond motifs is 20. The molecule has 2 N–H and O–H groups in total. The van der Waals surface area contributed by atoms with Gasteiger partial charge in [-0.25, -0.2) is 29.9 Å². The molecule has 0 atom stereocenters. The number of hydrogen-bond acceptors (Lipinski definition) is 6. The van der Waals surface area contributed by atoms with Gasteiger partial charge in [0, 0.05) is 43.8 Å². The molecule has 9 rings (SSSR count). The summed E-state index contributed by atoms with van der Waals surface area (Å²) in [6.45, 7) is 0. The maximum absolute atomic E-state index is 5.02. The number of halogens is 1. The maximum atomic E-state index is 5.02. The van der Waals surface area contributed by atoms with Gasteiger partial charge in [0.1, 0.15) is 22.6 Å². The molecule has 5 heterocycles. The number of aromatic amines is 2.